The second-order valence-corrected chi connectivity index (χ2v) is 7.66. The molecule has 0 bridgehead atoms. The van der Waals surface area contributed by atoms with Gasteiger partial charge >= 0.3 is 11.9 Å². The number of aliphatic hydroxyl groups excluding tert-OH is 1. The van der Waals surface area contributed by atoms with Crippen LogP contribution in [0.5, 0.6) is 0 Å². The lowest BCUT2D eigenvalue weighted by Crippen LogP contribution is -2.53. The Kier molecular flexibility index (Phi) is 6.83. The normalized spacial score (nSPS) is 26.4. The van der Waals surface area contributed by atoms with Gasteiger partial charge in [0.25, 0.3) is 0 Å². The minimum absolute atomic E-state index is 0.00159. The van der Waals surface area contributed by atoms with Crippen LogP contribution in [0.15, 0.2) is 23.3 Å². The average molecular weight is 381 g/mol. The predicted octanol–water partition coefficient (Wildman–Crippen LogP) is 1.19. The third-order valence-electron chi connectivity index (χ3n) is 5.64. The fourth-order valence-corrected chi connectivity index (χ4v) is 3.63. The molecule has 0 aromatic carbocycles. The molecule has 1 fully saturated rings. The summed E-state index contributed by atoms with van der Waals surface area (Å²) in [6.07, 6.45) is 2.87. The van der Waals surface area contributed by atoms with Crippen LogP contribution in [0.1, 0.15) is 41.0 Å². The molecule has 27 heavy (non-hydrogen) atoms. The van der Waals surface area contributed by atoms with Gasteiger partial charge < -0.3 is 19.7 Å². The number of carbonyl (C=O) groups is 2. The van der Waals surface area contributed by atoms with Crippen LogP contribution in [0.2, 0.25) is 0 Å². The molecular formula is C20H31NO6. The van der Waals surface area contributed by atoms with E-state index in [0.717, 1.165) is 18.5 Å². The number of allylic oxidation sites excluding steroid dienone is 1. The molecule has 2 N–H and O–H groups in total. The van der Waals surface area contributed by atoms with Gasteiger partial charge in [0.2, 0.25) is 0 Å². The van der Waals surface area contributed by atoms with Crippen molar-refractivity contribution in [3.63, 3.8) is 0 Å². The Labute approximate surface area is 160 Å². The quantitative estimate of drug-likeness (QED) is 0.388. The molecule has 0 aromatic rings. The van der Waals surface area contributed by atoms with E-state index in [2.05, 4.69) is 4.90 Å². The number of carbonyl (C=O) groups excluding carboxylic acids is 2. The van der Waals surface area contributed by atoms with Crippen molar-refractivity contribution >= 4 is 11.9 Å². The van der Waals surface area contributed by atoms with E-state index >= 15 is 0 Å². The van der Waals surface area contributed by atoms with E-state index in [1.807, 2.05) is 6.08 Å². The standard InChI is InChI=1S/C20H31NO6/c1-6-13(4)18(23)27-16-8-10-21-9-7-15(17(16)21)11-26-19(24)20(25,12(2)3)14(5)22/h6-7,12,14,16-17,22,25H,8-11H2,1-5H3/t14-,16+,17+,20+/m0/s1. The molecule has 0 radical (unpaired) electrons. The molecule has 2 aliphatic heterocycles. The number of hydrogen-bond donors (Lipinski definition) is 2. The van der Waals surface area contributed by atoms with E-state index in [4.69, 9.17) is 9.47 Å². The Balaban J connectivity index is 2.03. The first-order valence-corrected chi connectivity index (χ1v) is 9.47. The van der Waals surface area contributed by atoms with Gasteiger partial charge in [0, 0.05) is 18.7 Å². The minimum atomic E-state index is -1.95. The Bertz CT molecular complexity index is 628. The van der Waals surface area contributed by atoms with Crippen LogP contribution in [0.25, 0.3) is 0 Å². The van der Waals surface area contributed by atoms with Crippen LogP contribution >= 0.6 is 0 Å². The summed E-state index contributed by atoms with van der Waals surface area (Å²) < 4.78 is 11.0. The lowest BCUT2D eigenvalue weighted by Gasteiger charge is -2.32. The van der Waals surface area contributed by atoms with Crippen LogP contribution in [-0.4, -0.2) is 70.6 Å². The van der Waals surface area contributed by atoms with Crippen molar-refractivity contribution in [1.82, 2.24) is 4.90 Å². The smallest absolute Gasteiger partial charge is 0.341 e. The van der Waals surface area contributed by atoms with Crippen LogP contribution in [0.4, 0.5) is 0 Å². The molecule has 7 nitrogen and oxygen atoms in total. The summed E-state index contributed by atoms with van der Waals surface area (Å²) in [5, 5.41) is 20.4. The van der Waals surface area contributed by atoms with E-state index < -0.39 is 23.6 Å². The predicted molar refractivity (Wildman–Crippen MR) is 99.8 cm³/mol. The van der Waals surface area contributed by atoms with Crippen LogP contribution in [0, 0.1) is 5.92 Å². The van der Waals surface area contributed by atoms with Gasteiger partial charge in [-0.15, -0.1) is 0 Å². The molecule has 152 valence electrons. The Hall–Kier alpha value is -1.70. The first-order valence-electron chi connectivity index (χ1n) is 9.47. The largest absolute Gasteiger partial charge is 0.459 e. The van der Waals surface area contributed by atoms with E-state index in [9.17, 15) is 19.8 Å². The molecule has 4 atom stereocenters. The van der Waals surface area contributed by atoms with Crippen molar-refractivity contribution < 1.29 is 29.3 Å². The van der Waals surface area contributed by atoms with E-state index in [0.29, 0.717) is 12.1 Å². The van der Waals surface area contributed by atoms with Gasteiger partial charge in [-0.1, -0.05) is 26.0 Å². The Morgan fingerprint density at radius 3 is 2.63 bits per heavy atom. The molecule has 0 unspecified atom stereocenters. The summed E-state index contributed by atoms with van der Waals surface area (Å²) in [7, 11) is 0. The molecule has 0 saturated carbocycles. The third-order valence-corrected chi connectivity index (χ3v) is 5.64. The fourth-order valence-electron chi connectivity index (χ4n) is 3.63. The second kappa shape index (κ2) is 8.54. The summed E-state index contributed by atoms with van der Waals surface area (Å²) in [5.74, 6) is -1.68. The van der Waals surface area contributed by atoms with Gasteiger partial charge in [-0.3, -0.25) is 4.90 Å². The van der Waals surface area contributed by atoms with Crippen molar-refractivity contribution in [1.29, 1.82) is 0 Å². The first-order chi connectivity index (χ1) is 12.6. The van der Waals surface area contributed by atoms with Gasteiger partial charge in [-0.2, -0.15) is 0 Å². The molecule has 1 saturated heterocycles. The lowest BCUT2D eigenvalue weighted by molar-refractivity contribution is -0.183. The molecule has 0 aromatic heterocycles. The molecule has 0 spiro atoms. The van der Waals surface area contributed by atoms with Gasteiger partial charge in [-0.25, -0.2) is 9.59 Å². The minimum Gasteiger partial charge on any atom is -0.459 e. The number of rotatable bonds is 7. The zero-order chi connectivity index (χ0) is 20.4. The summed E-state index contributed by atoms with van der Waals surface area (Å²) >= 11 is 0. The highest BCUT2D eigenvalue weighted by molar-refractivity contribution is 5.87. The maximum absolute atomic E-state index is 12.4. The zero-order valence-electron chi connectivity index (χ0n) is 16.8. The maximum atomic E-state index is 12.4. The highest BCUT2D eigenvalue weighted by Crippen LogP contribution is 2.32. The number of aliphatic hydroxyl groups is 2. The van der Waals surface area contributed by atoms with Crippen molar-refractivity contribution in [2.75, 3.05) is 19.7 Å². The molecule has 2 rings (SSSR count). The average Bonchev–Trinajstić information content (AvgIpc) is 3.20. The van der Waals surface area contributed by atoms with Crippen LogP contribution in [0.3, 0.4) is 0 Å². The SMILES string of the molecule is CC=C(C)C(=O)O[C@@H]1CCN2CC=C(COC(=O)[C@@](O)(C(C)C)[C@H](C)O)[C@H]12. The number of ether oxygens (including phenoxy) is 2. The van der Waals surface area contributed by atoms with Crippen molar-refractivity contribution in [3.05, 3.63) is 23.3 Å². The van der Waals surface area contributed by atoms with Gasteiger partial charge in [0.15, 0.2) is 5.60 Å². The molecule has 0 aliphatic carbocycles. The highest BCUT2D eigenvalue weighted by atomic mass is 16.6. The third kappa shape index (κ3) is 4.25. The number of esters is 2. The molecular weight excluding hydrogens is 350 g/mol. The molecule has 2 aliphatic rings. The highest BCUT2D eigenvalue weighted by Gasteiger charge is 2.47. The summed E-state index contributed by atoms with van der Waals surface area (Å²) in [6, 6.07) is -0.120. The first kappa shape index (κ1) is 21.6. The van der Waals surface area contributed by atoms with Crippen molar-refractivity contribution in [2.45, 2.75) is 64.9 Å². The Morgan fingerprint density at radius 1 is 1.41 bits per heavy atom. The van der Waals surface area contributed by atoms with E-state index in [1.165, 1.54) is 6.92 Å². The second-order valence-electron chi connectivity index (χ2n) is 7.66. The summed E-state index contributed by atoms with van der Waals surface area (Å²) in [5.41, 5.74) is -0.542. The number of fused-ring (bicyclic) bond motifs is 1. The van der Waals surface area contributed by atoms with E-state index in [1.54, 1.807) is 33.8 Å². The number of hydrogen-bond acceptors (Lipinski definition) is 7. The van der Waals surface area contributed by atoms with Crippen LogP contribution < -0.4 is 0 Å². The van der Waals surface area contributed by atoms with Crippen molar-refractivity contribution in [3.8, 4) is 0 Å². The van der Waals surface area contributed by atoms with Crippen molar-refractivity contribution in [2.24, 2.45) is 5.92 Å². The summed E-state index contributed by atoms with van der Waals surface area (Å²) in [4.78, 5) is 26.7. The zero-order valence-corrected chi connectivity index (χ0v) is 16.8. The lowest BCUT2D eigenvalue weighted by atomic mass is 9.85. The number of nitrogens with zero attached hydrogens (tertiary/aromatic N) is 1. The van der Waals surface area contributed by atoms with Crippen LogP contribution in [-0.2, 0) is 19.1 Å². The summed E-state index contributed by atoms with van der Waals surface area (Å²) in [6.45, 7) is 9.68. The molecule has 2 heterocycles. The van der Waals surface area contributed by atoms with E-state index in [-0.39, 0.29) is 24.7 Å². The fraction of sp³-hybridized carbons (Fsp3) is 0.700. The Morgan fingerprint density at radius 2 is 2.07 bits per heavy atom. The molecule has 0 amide bonds. The van der Waals surface area contributed by atoms with Gasteiger partial charge in [-0.05, 0) is 38.7 Å². The maximum Gasteiger partial charge on any atom is 0.341 e. The van der Waals surface area contributed by atoms with Gasteiger partial charge in [0.05, 0.1) is 12.1 Å². The molecule has 7 heteroatoms. The topological polar surface area (TPSA) is 96.3 Å². The van der Waals surface area contributed by atoms with Gasteiger partial charge in [0.1, 0.15) is 12.7 Å². The monoisotopic (exact) mass is 381 g/mol.